The van der Waals surface area contributed by atoms with Gasteiger partial charge in [-0.3, -0.25) is 4.79 Å². The SMILES string of the molecule is Cc1ccc(Nc2cc(N3CCN(C(=O)COc4ccc(C)cc4)CC3)nc(C)n2)cc1. The third-order valence-corrected chi connectivity index (χ3v) is 5.49. The largest absolute Gasteiger partial charge is 0.484 e. The van der Waals surface area contributed by atoms with Gasteiger partial charge in [-0.15, -0.1) is 0 Å². The van der Waals surface area contributed by atoms with Gasteiger partial charge in [0.2, 0.25) is 0 Å². The minimum absolute atomic E-state index is 0.00539. The number of piperazine rings is 1. The average Bonchev–Trinajstić information content (AvgIpc) is 2.80. The molecule has 0 unspecified atom stereocenters. The standard InChI is InChI=1S/C25H29N5O2/c1-18-4-8-21(9-5-18)28-23-16-24(27-20(3)26-23)29-12-14-30(15-13-29)25(31)17-32-22-10-6-19(2)7-11-22/h4-11,16H,12-15,17H2,1-3H3,(H,26,27,28). The van der Waals surface area contributed by atoms with Gasteiger partial charge in [-0.05, 0) is 45.0 Å². The second-order valence-corrected chi connectivity index (χ2v) is 8.12. The van der Waals surface area contributed by atoms with Crippen molar-refractivity contribution in [2.45, 2.75) is 20.8 Å². The lowest BCUT2D eigenvalue weighted by Gasteiger charge is -2.35. The predicted molar refractivity (Wildman–Crippen MR) is 127 cm³/mol. The number of carbonyl (C=O) groups excluding carboxylic acids is 1. The van der Waals surface area contributed by atoms with E-state index in [2.05, 4.69) is 39.2 Å². The van der Waals surface area contributed by atoms with E-state index in [0.717, 1.165) is 36.0 Å². The number of aromatic nitrogens is 2. The summed E-state index contributed by atoms with van der Waals surface area (Å²) in [6.45, 7) is 8.75. The number of nitrogens with one attached hydrogen (secondary N) is 1. The van der Waals surface area contributed by atoms with Gasteiger partial charge in [0.25, 0.3) is 5.91 Å². The molecule has 7 heteroatoms. The van der Waals surface area contributed by atoms with Gasteiger partial charge in [-0.1, -0.05) is 35.4 Å². The summed E-state index contributed by atoms with van der Waals surface area (Å²) in [5, 5.41) is 3.36. The van der Waals surface area contributed by atoms with Gasteiger partial charge in [0.15, 0.2) is 6.61 Å². The van der Waals surface area contributed by atoms with E-state index in [4.69, 9.17) is 4.74 Å². The van der Waals surface area contributed by atoms with Crippen molar-refractivity contribution in [3.05, 3.63) is 71.5 Å². The van der Waals surface area contributed by atoms with Crippen molar-refractivity contribution in [1.82, 2.24) is 14.9 Å². The Morgan fingerprint density at radius 2 is 1.53 bits per heavy atom. The summed E-state index contributed by atoms with van der Waals surface area (Å²) < 4.78 is 5.65. The van der Waals surface area contributed by atoms with E-state index in [1.54, 1.807) is 0 Å². The van der Waals surface area contributed by atoms with Gasteiger partial charge >= 0.3 is 0 Å². The molecule has 0 aliphatic carbocycles. The Kier molecular flexibility index (Phi) is 6.54. The molecule has 1 N–H and O–H groups in total. The zero-order valence-electron chi connectivity index (χ0n) is 18.8. The number of carbonyl (C=O) groups is 1. The molecule has 1 amide bonds. The smallest absolute Gasteiger partial charge is 0.260 e. The molecule has 166 valence electrons. The molecule has 0 atom stereocenters. The molecule has 0 bridgehead atoms. The number of anilines is 3. The van der Waals surface area contributed by atoms with Crippen molar-refractivity contribution < 1.29 is 9.53 Å². The molecule has 3 aromatic rings. The van der Waals surface area contributed by atoms with Gasteiger partial charge in [-0.2, -0.15) is 0 Å². The monoisotopic (exact) mass is 431 g/mol. The maximum absolute atomic E-state index is 12.6. The number of ether oxygens (including phenoxy) is 1. The normalized spacial score (nSPS) is 13.7. The maximum Gasteiger partial charge on any atom is 0.260 e. The first-order chi connectivity index (χ1) is 15.5. The molecular weight excluding hydrogens is 402 g/mol. The van der Waals surface area contributed by atoms with Crippen molar-refractivity contribution >= 4 is 23.2 Å². The molecule has 4 rings (SSSR count). The maximum atomic E-state index is 12.6. The Morgan fingerprint density at radius 1 is 0.906 bits per heavy atom. The molecule has 1 fully saturated rings. The number of nitrogens with zero attached hydrogens (tertiary/aromatic N) is 4. The summed E-state index contributed by atoms with van der Waals surface area (Å²) in [5.41, 5.74) is 3.37. The van der Waals surface area contributed by atoms with Crippen LogP contribution in [0, 0.1) is 20.8 Å². The summed E-state index contributed by atoms with van der Waals surface area (Å²) in [6, 6.07) is 17.9. The highest BCUT2D eigenvalue weighted by Gasteiger charge is 2.23. The third kappa shape index (κ3) is 5.55. The number of hydrogen-bond acceptors (Lipinski definition) is 6. The van der Waals surface area contributed by atoms with E-state index in [1.165, 1.54) is 5.56 Å². The Morgan fingerprint density at radius 3 is 2.19 bits per heavy atom. The van der Waals surface area contributed by atoms with Crippen molar-refractivity contribution in [2.75, 3.05) is 43.0 Å². The van der Waals surface area contributed by atoms with Crippen LogP contribution in [0.3, 0.4) is 0 Å². The lowest BCUT2D eigenvalue weighted by Crippen LogP contribution is -2.50. The third-order valence-electron chi connectivity index (χ3n) is 5.49. The summed E-state index contributed by atoms with van der Waals surface area (Å²) in [6.07, 6.45) is 0. The van der Waals surface area contributed by atoms with E-state index in [1.807, 2.05) is 61.2 Å². The first-order valence-electron chi connectivity index (χ1n) is 10.9. The van der Waals surface area contributed by atoms with Crippen molar-refractivity contribution in [3.8, 4) is 5.75 Å². The number of aryl methyl sites for hydroxylation is 3. The van der Waals surface area contributed by atoms with Crippen LogP contribution < -0.4 is 15.0 Å². The van der Waals surface area contributed by atoms with Crippen LogP contribution in [0.5, 0.6) is 5.75 Å². The van der Waals surface area contributed by atoms with Gasteiger partial charge in [0.05, 0.1) is 0 Å². The summed E-state index contributed by atoms with van der Waals surface area (Å²) in [4.78, 5) is 25.7. The van der Waals surface area contributed by atoms with Gasteiger partial charge < -0.3 is 19.9 Å². The molecule has 1 saturated heterocycles. The molecule has 0 radical (unpaired) electrons. The quantitative estimate of drug-likeness (QED) is 0.639. The molecule has 0 saturated carbocycles. The van der Waals surface area contributed by atoms with Crippen LogP contribution in [0.15, 0.2) is 54.6 Å². The van der Waals surface area contributed by atoms with Crippen LogP contribution >= 0.6 is 0 Å². The van der Waals surface area contributed by atoms with Crippen LogP contribution in [0.25, 0.3) is 0 Å². The first-order valence-corrected chi connectivity index (χ1v) is 10.9. The second-order valence-electron chi connectivity index (χ2n) is 8.12. The number of hydrogen-bond donors (Lipinski definition) is 1. The van der Waals surface area contributed by atoms with Crippen molar-refractivity contribution in [3.63, 3.8) is 0 Å². The topological polar surface area (TPSA) is 70.6 Å². The molecule has 1 aromatic heterocycles. The number of amides is 1. The zero-order valence-corrected chi connectivity index (χ0v) is 18.8. The Labute approximate surface area is 189 Å². The zero-order chi connectivity index (χ0) is 22.5. The van der Waals surface area contributed by atoms with E-state index >= 15 is 0 Å². The van der Waals surface area contributed by atoms with E-state index < -0.39 is 0 Å². The fraction of sp³-hybridized carbons (Fsp3) is 0.320. The second kappa shape index (κ2) is 9.68. The van der Waals surface area contributed by atoms with Crippen LogP contribution in [-0.4, -0.2) is 53.6 Å². The fourth-order valence-electron chi connectivity index (χ4n) is 3.62. The highest BCUT2D eigenvalue weighted by Crippen LogP contribution is 2.21. The van der Waals surface area contributed by atoms with Crippen LogP contribution in [-0.2, 0) is 4.79 Å². The van der Waals surface area contributed by atoms with Gasteiger partial charge in [0, 0.05) is 37.9 Å². The molecule has 7 nitrogen and oxygen atoms in total. The molecule has 1 aliphatic rings. The number of rotatable bonds is 6. The summed E-state index contributed by atoms with van der Waals surface area (Å²) in [5.74, 6) is 3.07. The molecular formula is C25H29N5O2. The molecule has 1 aliphatic heterocycles. The first kappa shape index (κ1) is 21.6. The van der Waals surface area contributed by atoms with Gasteiger partial charge in [0.1, 0.15) is 23.2 Å². The Hall–Kier alpha value is -3.61. The Bertz CT molecular complexity index is 1060. The predicted octanol–water partition coefficient (Wildman–Crippen LogP) is 3.87. The fourth-order valence-corrected chi connectivity index (χ4v) is 3.62. The minimum atomic E-state index is 0.00539. The van der Waals surface area contributed by atoms with Crippen LogP contribution in [0.1, 0.15) is 17.0 Å². The van der Waals surface area contributed by atoms with Crippen LogP contribution in [0.2, 0.25) is 0 Å². The molecule has 2 aromatic carbocycles. The highest BCUT2D eigenvalue weighted by molar-refractivity contribution is 5.78. The van der Waals surface area contributed by atoms with E-state index in [-0.39, 0.29) is 12.5 Å². The summed E-state index contributed by atoms with van der Waals surface area (Å²) in [7, 11) is 0. The molecule has 0 spiro atoms. The lowest BCUT2D eigenvalue weighted by atomic mass is 10.2. The molecule has 2 heterocycles. The van der Waals surface area contributed by atoms with Gasteiger partial charge in [-0.25, -0.2) is 9.97 Å². The summed E-state index contributed by atoms with van der Waals surface area (Å²) >= 11 is 0. The number of benzene rings is 2. The lowest BCUT2D eigenvalue weighted by molar-refractivity contribution is -0.133. The average molecular weight is 432 g/mol. The van der Waals surface area contributed by atoms with E-state index in [0.29, 0.717) is 24.7 Å². The highest BCUT2D eigenvalue weighted by atomic mass is 16.5. The van der Waals surface area contributed by atoms with Crippen LogP contribution in [0.4, 0.5) is 17.3 Å². The minimum Gasteiger partial charge on any atom is -0.484 e. The van der Waals surface area contributed by atoms with Crippen molar-refractivity contribution in [2.24, 2.45) is 0 Å². The van der Waals surface area contributed by atoms with Crippen molar-refractivity contribution in [1.29, 1.82) is 0 Å². The molecule has 32 heavy (non-hydrogen) atoms. The Balaban J connectivity index is 1.33. The van der Waals surface area contributed by atoms with E-state index in [9.17, 15) is 4.79 Å².